The summed E-state index contributed by atoms with van der Waals surface area (Å²) in [6.07, 6.45) is 7.92. The molecule has 1 aromatic heterocycles. The summed E-state index contributed by atoms with van der Waals surface area (Å²) in [4.78, 5) is 4.22. The van der Waals surface area contributed by atoms with Gasteiger partial charge in [0.1, 0.15) is 5.82 Å². The van der Waals surface area contributed by atoms with Gasteiger partial charge < -0.3 is 9.30 Å². The van der Waals surface area contributed by atoms with E-state index in [0.29, 0.717) is 37.0 Å². The van der Waals surface area contributed by atoms with E-state index >= 15 is 0 Å². The van der Waals surface area contributed by atoms with Crippen LogP contribution in [0.4, 0.5) is 0 Å². The standard InChI is InChI=1S/C21H38N4O5S2/c1-15(2)17-8-10-18(11-9-17)30-14-20-19(23-31(5,26)27)7-6-12-25(20)32(28,29)21-13-24(4)16(3)22-21/h13,15,17-20,23H,6-12,14H2,1-5H3/t17-,18+,19-,20-/m0/s1. The van der Waals surface area contributed by atoms with E-state index < -0.39 is 32.1 Å². The number of hydrogen-bond donors (Lipinski definition) is 1. The van der Waals surface area contributed by atoms with Crippen molar-refractivity contribution in [1.29, 1.82) is 0 Å². The molecule has 0 radical (unpaired) electrons. The Hall–Kier alpha value is -1.01. The Morgan fingerprint density at radius 3 is 2.34 bits per heavy atom. The molecule has 0 aromatic carbocycles. The summed E-state index contributed by atoms with van der Waals surface area (Å²) in [5.74, 6) is 1.95. The summed E-state index contributed by atoms with van der Waals surface area (Å²) < 4.78 is 62.8. The molecule has 11 heteroatoms. The number of nitrogens with one attached hydrogen (secondary N) is 1. The Kier molecular flexibility index (Phi) is 8.07. The first-order chi connectivity index (χ1) is 14.9. The zero-order chi connectivity index (χ0) is 23.7. The third-order valence-electron chi connectivity index (χ3n) is 6.92. The molecule has 2 heterocycles. The summed E-state index contributed by atoms with van der Waals surface area (Å²) in [6, 6.07) is -1.15. The zero-order valence-electron chi connectivity index (χ0n) is 19.8. The summed E-state index contributed by atoms with van der Waals surface area (Å²) in [6.45, 7) is 6.72. The zero-order valence-corrected chi connectivity index (χ0v) is 21.5. The van der Waals surface area contributed by atoms with Gasteiger partial charge in [0.25, 0.3) is 10.0 Å². The minimum absolute atomic E-state index is 0.0139. The second-order valence-electron chi connectivity index (χ2n) is 9.67. The van der Waals surface area contributed by atoms with Crippen molar-refractivity contribution >= 4 is 20.0 Å². The van der Waals surface area contributed by atoms with Gasteiger partial charge in [-0.3, -0.25) is 0 Å². The molecule has 3 rings (SSSR count). The minimum atomic E-state index is -3.89. The molecule has 0 unspecified atom stereocenters. The van der Waals surface area contributed by atoms with Crippen LogP contribution < -0.4 is 4.72 Å². The van der Waals surface area contributed by atoms with E-state index in [0.717, 1.165) is 31.9 Å². The lowest BCUT2D eigenvalue weighted by Crippen LogP contribution is -2.58. The molecule has 9 nitrogen and oxygen atoms in total. The lowest BCUT2D eigenvalue weighted by Gasteiger charge is -2.41. The van der Waals surface area contributed by atoms with Gasteiger partial charge in [0.2, 0.25) is 10.0 Å². The van der Waals surface area contributed by atoms with Crippen LogP contribution in [0.15, 0.2) is 11.2 Å². The lowest BCUT2D eigenvalue weighted by molar-refractivity contribution is -0.0173. The van der Waals surface area contributed by atoms with Crippen LogP contribution in [0.2, 0.25) is 0 Å². The van der Waals surface area contributed by atoms with Crippen molar-refractivity contribution in [3.05, 3.63) is 12.0 Å². The van der Waals surface area contributed by atoms with Gasteiger partial charge >= 0.3 is 0 Å². The van der Waals surface area contributed by atoms with Crippen molar-refractivity contribution in [2.75, 3.05) is 19.4 Å². The molecular weight excluding hydrogens is 452 g/mol. The third-order valence-corrected chi connectivity index (χ3v) is 9.44. The average molecular weight is 491 g/mol. The van der Waals surface area contributed by atoms with Crippen molar-refractivity contribution in [3.63, 3.8) is 0 Å². The van der Waals surface area contributed by atoms with Crippen LogP contribution in [0.25, 0.3) is 0 Å². The van der Waals surface area contributed by atoms with Crippen LogP contribution in [0.1, 0.15) is 58.2 Å². The van der Waals surface area contributed by atoms with Gasteiger partial charge in [-0.15, -0.1) is 0 Å². The summed E-state index contributed by atoms with van der Waals surface area (Å²) in [5.41, 5.74) is 0. The molecule has 32 heavy (non-hydrogen) atoms. The Labute approximate surface area is 193 Å². The van der Waals surface area contributed by atoms with Crippen molar-refractivity contribution in [1.82, 2.24) is 18.6 Å². The molecule has 1 aromatic rings. The number of hydrogen-bond acceptors (Lipinski definition) is 6. The van der Waals surface area contributed by atoms with Crippen LogP contribution in [0.5, 0.6) is 0 Å². The highest BCUT2D eigenvalue weighted by Crippen LogP contribution is 2.32. The molecule has 1 N–H and O–H groups in total. The van der Waals surface area contributed by atoms with Crippen molar-refractivity contribution in [3.8, 4) is 0 Å². The van der Waals surface area contributed by atoms with Crippen LogP contribution in [-0.2, 0) is 31.8 Å². The van der Waals surface area contributed by atoms with E-state index in [1.54, 1.807) is 18.5 Å². The quantitative estimate of drug-likeness (QED) is 0.597. The van der Waals surface area contributed by atoms with Crippen LogP contribution in [0, 0.1) is 18.8 Å². The summed E-state index contributed by atoms with van der Waals surface area (Å²) >= 11 is 0. The molecule has 1 aliphatic carbocycles. The lowest BCUT2D eigenvalue weighted by atomic mass is 9.80. The predicted octanol–water partition coefficient (Wildman–Crippen LogP) is 2.03. The molecule has 184 valence electrons. The Morgan fingerprint density at radius 2 is 1.81 bits per heavy atom. The van der Waals surface area contributed by atoms with E-state index in [1.807, 2.05) is 0 Å². The van der Waals surface area contributed by atoms with E-state index in [2.05, 4.69) is 23.6 Å². The van der Waals surface area contributed by atoms with E-state index in [1.165, 1.54) is 10.5 Å². The highest BCUT2D eigenvalue weighted by molar-refractivity contribution is 7.89. The molecule has 0 bridgehead atoms. The molecule has 0 amide bonds. The Balaban J connectivity index is 1.80. The van der Waals surface area contributed by atoms with Crippen molar-refractivity contribution < 1.29 is 21.6 Å². The normalized spacial score (nSPS) is 28.3. The third kappa shape index (κ3) is 6.11. The monoisotopic (exact) mass is 490 g/mol. The number of aryl methyl sites for hydroxylation is 2. The number of nitrogens with zero attached hydrogens (tertiary/aromatic N) is 3. The van der Waals surface area contributed by atoms with Crippen molar-refractivity contribution in [2.45, 2.75) is 82.5 Å². The molecule has 1 aliphatic heterocycles. The Bertz CT molecular complexity index is 962. The maximum atomic E-state index is 13.5. The molecule has 2 fully saturated rings. The van der Waals surface area contributed by atoms with Crippen LogP contribution in [0.3, 0.4) is 0 Å². The minimum Gasteiger partial charge on any atom is -0.376 e. The average Bonchev–Trinajstić information content (AvgIpc) is 3.05. The number of imidazole rings is 1. The maximum absolute atomic E-state index is 13.5. The van der Waals surface area contributed by atoms with Crippen LogP contribution >= 0.6 is 0 Å². The fourth-order valence-corrected chi connectivity index (χ4v) is 7.40. The Morgan fingerprint density at radius 1 is 1.16 bits per heavy atom. The number of ether oxygens (including phenoxy) is 1. The summed E-state index contributed by atoms with van der Waals surface area (Å²) in [5, 5.41) is -0.0139. The predicted molar refractivity (Wildman–Crippen MR) is 123 cm³/mol. The van der Waals surface area contributed by atoms with Gasteiger partial charge in [0.15, 0.2) is 5.03 Å². The van der Waals surface area contributed by atoms with E-state index in [-0.39, 0.29) is 17.7 Å². The highest BCUT2D eigenvalue weighted by Gasteiger charge is 2.42. The fraction of sp³-hybridized carbons (Fsp3) is 0.857. The topological polar surface area (TPSA) is 111 Å². The van der Waals surface area contributed by atoms with Gasteiger partial charge in [-0.1, -0.05) is 13.8 Å². The van der Waals surface area contributed by atoms with Gasteiger partial charge in [-0.2, -0.15) is 4.31 Å². The number of rotatable bonds is 8. The number of aromatic nitrogens is 2. The van der Waals surface area contributed by atoms with Crippen molar-refractivity contribution in [2.24, 2.45) is 18.9 Å². The summed E-state index contributed by atoms with van der Waals surface area (Å²) in [7, 11) is -5.64. The number of piperidine rings is 1. The number of sulfonamides is 2. The van der Waals surface area contributed by atoms with Crippen LogP contribution in [-0.4, -0.2) is 68.3 Å². The van der Waals surface area contributed by atoms with Gasteiger partial charge in [0.05, 0.1) is 25.0 Å². The molecule has 1 saturated carbocycles. The smallest absolute Gasteiger partial charge is 0.262 e. The van der Waals surface area contributed by atoms with Gasteiger partial charge in [-0.25, -0.2) is 26.5 Å². The molecule has 2 aliphatic rings. The first-order valence-electron chi connectivity index (χ1n) is 11.5. The van der Waals surface area contributed by atoms with E-state index in [4.69, 9.17) is 4.74 Å². The largest absolute Gasteiger partial charge is 0.376 e. The second kappa shape index (κ2) is 10.1. The van der Waals surface area contributed by atoms with Gasteiger partial charge in [0, 0.05) is 25.8 Å². The first kappa shape index (κ1) is 25.6. The van der Waals surface area contributed by atoms with E-state index in [9.17, 15) is 16.8 Å². The molecule has 1 saturated heterocycles. The maximum Gasteiger partial charge on any atom is 0.262 e. The second-order valence-corrected chi connectivity index (χ2v) is 13.3. The molecule has 0 spiro atoms. The van der Waals surface area contributed by atoms with Gasteiger partial charge in [-0.05, 0) is 57.3 Å². The SMILES string of the molecule is Cc1nc(S(=O)(=O)N2CCC[C@H](NS(C)(=O)=O)[C@@H]2CO[C@H]2CC[C@@H](C(C)C)CC2)cn1C. The first-order valence-corrected chi connectivity index (χ1v) is 14.8. The highest BCUT2D eigenvalue weighted by atomic mass is 32.2. The fourth-order valence-electron chi connectivity index (χ4n) is 4.86. The molecule has 2 atom stereocenters. The molecular formula is C21H38N4O5S2.